The number of hydrogen-bond donors (Lipinski definition) is 0. The summed E-state index contributed by atoms with van der Waals surface area (Å²) in [5.41, 5.74) is 0. The van der Waals surface area contributed by atoms with Crippen molar-refractivity contribution in [2.24, 2.45) is 5.92 Å². The van der Waals surface area contributed by atoms with Crippen molar-refractivity contribution >= 4 is 17.9 Å². The predicted octanol–water partition coefficient (Wildman–Crippen LogP) is 15.1. The molecule has 0 aliphatic heterocycles. The molecule has 0 aliphatic carbocycles. The molecule has 0 unspecified atom stereocenters. The van der Waals surface area contributed by atoms with E-state index in [2.05, 4.69) is 27.7 Å². The fourth-order valence-electron chi connectivity index (χ4n) is 7.16. The zero-order chi connectivity index (χ0) is 39.6. The van der Waals surface area contributed by atoms with Crippen LogP contribution in [0.5, 0.6) is 0 Å². The van der Waals surface area contributed by atoms with Crippen LogP contribution in [-0.4, -0.2) is 37.2 Å². The molecule has 0 aromatic heterocycles. The molecular formula is C48H92O6. The average Bonchev–Trinajstić information content (AvgIpc) is 3.15. The molecule has 0 amide bonds. The van der Waals surface area contributed by atoms with E-state index in [0.717, 1.165) is 63.7 Å². The summed E-state index contributed by atoms with van der Waals surface area (Å²) in [4.78, 5) is 37.7. The summed E-state index contributed by atoms with van der Waals surface area (Å²) in [6.45, 7) is 8.94. The van der Waals surface area contributed by atoms with Crippen LogP contribution in [0.25, 0.3) is 0 Å². The normalized spacial score (nSPS) is 11.9. The van der Waals surface area contributed by atoms with Gasteiger partial charge < -0.3 is 14.2 Å². The molecule has 0 fully saturated rings. The van der Waals surface area contributed by atoms with E-state index < -0.39 is 6.10 Å². The van der Waals surface area contributed by atoms with Gasteiger partial charge in [-0.25, -0.2) is 0 Å². The number of unbranched alkanes of at least 4 members (excludes halogenated alkanes) is 30. The first kappa shape index (κ1) is 52.4. The predicted molar refractivity (Wildman–Crippen MR) is 229 cm³/mol. The molecule has 0 aromatic rings. The quantitative estimate of drug-likeness (QED) is 0.0349. The molecule has 0 saturated heterocycles. The standard InChI is InChI=1S/C48H92O6/c1-5-7-9-11-13-15-16-17-18-19-20-21-22-24-27-31-35-39-46(49)52-42-45(54-48(51)41-37-33-28-23-14-12-10-8-6-2)43-53-47(50)40-36-32-29-25-26-30-34-38-44(3)4/h44-45H,5-43H2,1-4H3/t45-/m1/s1. The van der Waals surface area contributed by atoms with E-state index in [4.69, 9.17) is 14.2 Å². The fraction of sp³-hybridized carbons (Fsp3) is 0.938. The minimum atomic E-state index is -0.759. The second-order valence-electron chi connectivity index (χ2n) is 16.9. The van der Waals surface area contributed by atoms with Crippen LogP contribution < -0.4 is 0 Å². The van der Waals surface area contributed by atoms with Crippen LogP contribution in [0, 0.1) is 5.92 Å². The Hall–Kier alpha value is -1.59. The second kappa shape index (κ2) is 42.6. The van der Waals surface area contributed by atoms with Gasteiger partial charge in [0.25, 0.3) is 0 Å². The number of rotatable bonds is 43. The van der Waals surface area contributed by atoms with Crippen LogP contribution in [0.1, 0.15) is 265 Å². The molecule has 6 nitrogen and oxygen atoms in total. The Morgan fingerprint density at radius 3 is 0.907 bits per heavy atom. The Balaban J connectivity index is 4.23. The molecule has 0 aromatic carbocycles. The van der Waals surface area contributed by atoms with Gasteiger partial charge in [-0.2, -0.15) is 0 Å². The van der Waals surface area contributed by atoms with Gasteiger partial charge in [-0.05, 0) is 25.2 Å². The molecular weight excluding hydrogens is 673 g/mol. The summed E-state index contributed by atoms with van der Waals surface area (Å²) in [5.74, 6) is -0.0749. The zero-order valence-corrected chi connectivity index (χ0v) is 36.7. The molecule has 0 radical (unpaired) electrons. The highest BCUT2D eigenvalue weighted by Crippen LogP contribution is 2.16. The van der Waals surface area contributed by atoms with Gasteiger partial charge >= 0.3 is 17.9 Å². The van der Waals surface area contributed by atoms with Crippen LogP contribution in [-0.2, 0) is 28.6 Å². The third kappa shape index (κ3) is 41.6. The number of esters is 3. The summed E-state index contributed by atoms with van der Waals surface area (Å²) >= 11 is 0. The third-order valence-electron chi connectivity index (χ3n) is 10.8. The van der Waals surface area contributed by atoms with Crippen molar-refractivity contribution < 1.29 is 28.6 Å². The Morgan fingerprint density at radius 2 is 0.611 bits per heavy atom. The van der Waals surface area contributed by atoms with Gasteiger partial charge in [-0.3, -0.25) is 14.4 Å². The van der Waals surface area contributed by atoms with Crippen LogP contribution in [0.2, 0.25) is 0 Å². The molecule has 0 rings (SSSR count). The van der Waals surface area contributed by atoms with E-state index in [1.54, 1.807) is 0 Å². The van der Waals surface area contributed by atoms with Gasteiger partial charge in [0.05, 0.1) is 0 Å². The van der Waals surface area contributed by atoms with Crippen LogP contribution >= 0.6 is 0 Å². The molecule has 0 saturated carbocycles. The first-order valence-electron chi connectivity index (χ1n) is 23.9. The summed E-state index contributed by atoms with van der Waals surface area (Å²) in [6.07, 6.45) is 42.4. The van der Waals surface area contributed by atoms with Crippen molar-refractivity contribution in [3.05, 3.63) is 0 Å². The first-order chi connectivity index (χ1) is 26.4. The molecule has 0 bridgehead atoms. The Kier molecular flexibility index (Phi) is 41.3. The van der Waals surface area contributed by atoms with Crippen LogP contribution in [0.15, 0.2) is 0 Å². The van der Waals surface area contributed by atoms with Crippen molar-refractivity contribution in [3.8, 4) is 0 Å². The summed E-state index contributed by atoms with van der Waals surface area (Å²) < 4.78 is 16.7. The number of carbonyl (C=O) groups excluding carboxylic acids is 3. The van der Waals surface area contributed by atoms with Crippen molar-refractivity contribution in [3.63, 3.8) is 0 Å². The largest absolute Gasteiger partial charge is 0.462 e. The topological polar surface area (TPSA) is 78.9 Å². The fourth-order valence-corrected chi connectivity index (χ4v) is 7.16. The third-order valence-corrected chi connectivity index (χ3v) is 10.8. The van der Waals surface area contributed by atoms with Gasteiger partial charge in [0.1, 0.15) is 13.2 Å². The van der Waals surface area contributed by atoms with E-state index in [9.17, 15) is 14.4 Å². The van der Waals surface area contributed by atoms with Crippen LogP contribution in [0.3, 0.4) is 0 Å². The molecule has 6 heteroatoms. The lowest BCUT2D eigenvalue weighted by Gasteiger charge is -2.18. The van der Waals surface area contributed by atoms with E-state index in [1.807, 2.05) is 0 Å². The molecule has 0 N–H and O–H groups in total. The zero-order valence-electron chi connectivity index (χ0n) is 36.7. The molecule has 320 valence electrons. The van der Waals surface area contributed by atoms with Gasteiger partial charge in [0, 0.05) is 19.3 Å². The molecule has 54 heavy (non-hydrogen) atoms. The number of hydrogen-bond acceptors (Lipinski definition) is 6. The number of ether oxygens (including phenoxy) is 3. The molecule has 0 aliphatic rings. The maximum atomic E-state index is 12.7. The minimum absolute atomic E-state index is 0.0641. The lowest BCUT2D eigenvalue weighted by Crippen LogP contribution is -2.30. The molecule has 1 atom stereocenters. The van der Waals surface area contributed by atoms with Crippen molar-refractivity contribution in [1.29, 1.82) is 0 Å². The highest BCUT2D eigenvalue weighted by Gasteiger charge is 2.19. The average molecular weight is 765 g/mol. The number of carbonyl (C=O) groups is 3. The Morgan fingerprint density at radius 1 is 0.352 bits per heavy atom. The highest BCUT2D eigenvalue weighted by atomic mass is 16.6. The first-order valence-corrected chi connectivity index (χ1v) is 23.9. The van der Waals surface area contributed by atoms with Gasteiger partial charge in [0.15, 0.2) is 6.10 Å². The maximum absolute atomic E-state index is 12.7. The van der Waals surface area contributed by atoms with E-state index in [-0.39, 0.29) is 31.1 Å². The second-order valence-corrected chi connectivity index (χ2v) is 16.9. The van der Waals surface area contributed by atoms with Gasteiger partial charge in [-0.15, -0.1) is 0 Å². The van der Waals surface area contributed by atoms with Gasteiger partial charge in [0.2, 0.25) is 0 Å². The Bertz CT molecular complexity index is 811. The molecule has 0 spiro atoms. The smallest absolute Gasteiger partial charge is 0.306 e. The lowest BCUT2D eigenvalue weighted by molar-refractivity contribution is -0.167. The van der Waals surface area contributed by atoms with Crippen molar-refractivity contribution in [2.75, 3.05) is 13.2 Å². The Labute approximate surface area is 336 Å². The summed E-state index contributed by atoms with van der Waals surface area (Å²) in [7, 11) is 0. The van der Waals surface area contributed by atoms with E-state index >= 15 is 0 Å². The summed E-state index contributed by atoms with van der Waals surface area (Å²) in [6, 6.07) is 0. The lowest BCUT2D eigenvalue weighted by atomic mass is 10.0. The maximum Gasteiger partial charge on any atom is 0.306 e. The summed E-state index contributed by atoms with van der Waals surface area (Å²) in [5, 5.41) is 0. The SMILES string of the molecule is CCCCCCCCCCCCCCCCCCCC(=O)OC[C@H](COC(=O)CCCCCCCCCC(C)C)OC(=O)CCCCCCCCCCC. The van der Waals surface area contributed by atoms with Crippen LogP contribution in [0.4, 0.5) is 0 Å². The molecule has 0 heterocycles. The van der Waals surface area contributed by atoms with Crippen molar-refractivity contribution in [2.45, 2.75) is 271 Å². The van der Waals surface area contributed by atoms with E-state index in [1.165, 1.54) is 161 Å². The van der Waals surface area contributed by atoms with Crippen molar-refractivity contribution in [1.82, 2.24) is 0 Å². The highest BCUT2D eigenvalue weighted by molar-refractivity contribution is 5.71. The van der Waals surface area contributed by atoms with Gasteiger partial charge in [-0.1, -0.05) is 227 Å². The monoisotopic (exact) mass is 765 g/mol. The van der Waals surface area contributed by atoms with E-state index in [0.29, 0.717) is 19.3 Å². The minimum Gasteiger partial charge on any atom is -0.462 e.